The molecule has 2 amide bonds. The summed E-state index contributed by atoms with van der Waals surface area (Å²) < 4.78 is 7.03. The fourth-order valence-electron chi connectivity index (χ4n) is 3.41. The van der Waals surface area contributed by atoms with E-state index in [0.29, 0.717) is 18.3 Å². The molecule has 22 heavy (non-hydrogen) atoms. The van der Waals surface area contributed by atoms with Gasteiger partial charge in [-0.25, -0.2) is 9.48 Å². The maximum Gasteiger partial charge on any atom is 0.315 e. The van der Waals surface area contributed by atoms with Gasteiger partial charge in [-0.2, -0.15) is 5.10 Å². The first-order chi connectivity index (χ1) is 10.4. The van der Waals surface area contributed by atoms with E-state index < -0.39 is 0 Å². The van der Waals surface area contributed by atoms with E-state index in [4.69, 9.17) is 4.74 Å². The zero-order valence-electron chi connectivity index (χ0n) is 14.3. The summed E-state index contributed by atoms with van der Waals surface area (Å²) >= 11 is 0. The zero-order chi connectivity index (χ0) is 16.3. The van der Waals surface area contributed by atoms with Crippen LogP contribution in [-0.2, 0) is 13.6 Å². The molecule has 0 spiro atoms. The number of carbonyl (C=O) groups is 1. The first-order valence-corrected chi connectivity index (χ1v) is 8.03. The fourth-order valence-corrected chi connectivity index (χ4v) is 3.41. The van der Waals surface area contributed by atoms with Gasteiger partial charge < -0.3 is 15.4 Å². The van der Waals surface area contributed by atoms with Crippen molar-refractivity contribution in [1.82, 2.24) is 20.4 Å². The van der Waals surface area contributed by atoms with Gasteiger partial charge in [0, 0.05) is 13.1 Å². The number of aromatic nitrogens is 2. The van der Waals surface area contributed by atoms with Crippen molar-refractivity contribution >= 4 is 6.03 Å². The molecular formula is C16H28N4O2. The Balaban J connectivity index is 1.88. The van der Waals surface area contributed by atoms with Gasteiger partial charge in [0.15, 0.2) is 0 Å². The number of amides is 2. The molecule has 1 aliphatic carbocycles. The van der Waals surface area contributed by atoms with E-state index in [1.807, 2.05) is 14.0 Å². The smallest absolute Gasteiger partial charge is 0.315 e. The van der Waals surface area contributed by atoms with Gasteiger partial charge >= 0.3 is 6.03 Å². The van der Waals surface area contributed by atoms with E-state index in [-0.39, 0.29) is 12.1 Å². The van der Waals surface area contributed by atoms with Crippen LogP contribution >= 0.6 is 0 Å². The number of carbonyl (C=O) groups excluding carboxylic acids is 1. The van der Waals surface area contributed by atoms with Crippen molar-refractivity contribution in [2.75, 3.05) is 7.11 Å². The summed E-state index contributed by atoms with van der Waals surface area (Å²) in [4.78, 5) is 12.1. The monoisotopic (exact) mass is 308 g/mol. The van der Waals surface area contributed by atoms with Crippen LogP contribution in [0.3, 0.4) is 0 Å². The minimum absolute atomic E-state index is 0.114. The molecule has 1 aromatic rings. The Bertz CT molecular complexity index is 526. The first-order valence-electron chi connectivity index (χ1n) is 8.03. The summed E-state index contributed by atoms with van der Waals surface area (Å²) in [7, 11) is 3.45. The summed E-state index contributed by atoms with van der Waals surface area (Å²) in [6, 6.07) is 0.157. The molecule has 2 N–H and O–H groups in total. The molecule has 1 saturated carbocycles. The van der Waals surface area contributed by atoms with Crippen molar-refractivity contribution in [3.8, 4) is 5.88 Å². The summed E-state index contributed by atoms with van der Waals surface area (Å²) in [6.45, 7) is 6.84. The van der Waals surface area contributed by atoms with E-state index in [9.17, 15) is 4.79 Å². The van der Waals surface area contributed by atoms with Crippen LogP contribution in [-0.4, -0.2) is 29.0 Å². The number of nitrogens with zero attached hydrogens (tertiary/aromatic N) is 2. The Morgan fingerprint density at radius 3 is 2.77 bits per heavy atom. The zero-order valence-corrected chi connectivity index (χ0v) is 14.3. The molecule has 0 radical (unpaired) electrons. The Labute approximate surface area is 132 Å². The molecule has 1 aliphatic rings. The SMILES string of the molecule is COc1c(CNC(=O)N[C@@H]2CC[C@@H](C)C[C@@H]2C)c(C)nn1C. The minimum Gasteiger partial charge on any atom is -0.481 e. The van der Waals surface area contributed by atoms with Gasteiger partial charge in [0.05, 0.1) is 24.9 Å². The average molecular weight is 308 g/mol. The highest BCUT2D eigenvalue weighted by molar-refractivity contribution is 5.74. The maximum absolute atomic E-state index is 12.1. The summed E-state index contributed by atoms with van der Waals surface area (Å²) in [5, 5.41) is 10.3. The molecule has 0 bridgehead atoms. The van der Waals surface area contributed by atoms with Gasteiger partial charge in [0.1, 0.15) is 0 Å². The molecule has 2 rings (SSSR count). The van der Waals surface area contributed by atoms with E-state index in [1.54, 1.807) is 11.8 Å². The standard InChI is InChI=1S/C16H28N4O2/c1-10-6-7-14(11(2)8-10)18-16(21)17-9-13-12(3)19-20(4)15(13)22-5/h10-11,14H,6-9H2,1-5H3,(H2,17,18,21)/t10-,11+,14-/m1/s1. The van der Waals surface area contributed by atoms with Crippen molar-refractivity contribution in [3.63, 3.8) is 0 Å². The highest BCUT2D eigenvalue weighted by Gasteiger charge is 2.26. The Morgan fingerprint density at radius 2 is 2.14 bits per heavy atom. The fraction of sp³-hybridized carbons (Fsp3) is 0.750. The van der Waals surface area contributed by atoms with E-state index >= 15 is 0 Å². The Kier molecular flexibility index (Phi) is 5.32. The molecule has 0 unspecified atom stereocenters. The number of methoxy groups -OCH3 is 1. The Morgan fingerprint density at radius 1 is 1.41 bits per heavy atom. The van der Waals surface area contributed by atoms with E-state index in [2.05, 4.69) is 29.6 Å². The van der Waals surface area contributed by atoms with Crippen molar-refractivity contribution in [3.05, 3.63) is 11.3 Å². The highest BCUT2D eigenvalue weighted by atomic mass is 16.5. The van der Waals surface area contributed by atoms with E-state index in [0.717, 1.165) is 23.6 Å². The van der Waals surface area contributed by atoms with Crippen LogP contribution < -0.4 is 15.4 Å². The molecule has 1 aromatic heterocycles. The number of ether oxygens (including phenoxy) is 1. The summed E-state index contributed by atoms with van der Waals surface area (Å²) in [5.41, 5.74) is 1.80. The quantitative estimate of drug-likeness (QED) is 0.897. The largest absolute Gasteiger partial charge is 0.481 e. The van der Waals surface area contributed by atoms with Crippen LogP contribution in [0.2, 0.25) is 0 Å². The lowest BCUT2D eigenvalue weighted by molar-refractivity contribution is 0.206. The molecule has 6 nitrogen and oxygen atoms in total. The van der Waals surface area contributed by atoms with Crippen LogP contribution in [0.1, 0.15) is 44.4 Å². The molecule has 0 aliphatic heterocycles. The maximum atomic E-state index is 12.1. The molecular weight excluding hydrogens is 280 g/mol. The molecule has 3 atom stereocenters. The van der Waals surface area contributed by atoms with Gasteiger partial charge in [0.25, 0.3) is 0 Å². The number of hydrogen-bond donors (Lipinski definition) is 2. The minimum atomic E-state index is -0.114. The topological polar surface area (TPSA) is 68.2 Å². The number of hydrogen-bond acceptors (Lipinski definition) is 3. The van der Waals surface area contributed by atoms with Crippen LogP contribution in [0.15, 0.2) is 0 Å². The first kappa shape index (κ1) is 16.6. The van der Waals surface area contributed by atoms with Crippen LogP contribution in [0.5, 0.6) is 5.88 Å². The Hall–Kier alpha value is -1.72. The van der Waals surface area contributed by atoms with Crippen LogP contribution in [0, 0.1) is 18.8 Å². The lowest BCUT2D eigenvalue weighted by Gasteiger charge is -2.33. The number of aryl methyl sites for hydroxylation is 2. The van der Waals surface area contributed by atoms with Crippen molar-refractivity contribution in [1.29, 1.82) is 0 Å². The van der Waals surface area contributed by atoms with E-state index in [1.165, 1.54) is 12.8 Å². The third-order valence-electron chi connectivity index (χ3n) is 4.66. The second-order valence-electron chi connectivity index (χ2n) is 6.53. The molecule has 1 heterocycles. The molecule has 0 aromatic carbocycles. The normalized spacial score (nSPS) is 24.9. The van der Waals surface area contributed by atoms with Gasteiger partial charge in [-0.1, -0.05) is 13.8 Å². The number of nitrogens with one attached hydrogen (secondary N) is 2. The second-order valence-corrected chi connectivity index (χ2v) is 6.53. The van der Waals surface area contributed by atoms with Gasteiger partial charge in [-0.15, -0.1) is 0 Å². The van der Waals surface area contributed by atoms with Crippen LogP contribution in [0.25, 0.3) is 0 Å². The number of rotatable bonds is 4. The summed E-state index contributed by atoms with van der Waals surface area (Å²) in [5.74, 6) is 1.99. The number of urea groups is 1. The lowest BCUT2D eigenvalue weighted by atomic mass is 9.80. The predicted molar refractivity (Wildman–Crippen MR) is 85.8 cm³/mol. The van der Waals surface area contributed by atoms with Crippen molar-refractivity contribution in [2.24, 2.45) is 18.9 Å². The van der Waals surface area contributed by atoms with Gasteiger partial charge in [-0.05, 0) is 38.0 Å². The average Bonchev–Trinajstić information content (AvgIpc) is 2.73. The second kappa shape index (κ2) is 7.03. The summed E-state index contributed by atoms with van der Waals surface area (Å²) in [6.07, 6.45) is 3.43. The lowest BCUT2D eigenvalue weighted by Crippen LogP contribution is -2.46. The third-order valence-corrected chi connectivity index (χ3v) is 4.66. The molecule has 6 heteroatoms. The van der Waals surface area contributed by atoms with Crippen molar-refractivity contribution in [2.45, 2.75) is 52.6 Å². The van der Waals surface area contributed by atoms with Crippen molar-refractivity contribution < 1.29 is 9.53 Å². The molecule has 1 fully saturated rings. The van der Waals surface area contributed by atoms with Gasteiger partial charge in [0.2, 0.25) is 5.88 Å². The molecule has 0 saturated heterocycles. The van der Waals surface area contributed by atoms with Crippen LogP contribution in [0.4, 0.5) is 4.79 Å². The highest BCUT2D eigenvalue weighted by Crippen LogP contribution is 2.28. The third kappa shape index (κ3) is 3.72. The molecule has 124 valence electrons. The predicted octanol–water partition coefficient (Wildman–Crippen LogP) is 2.36. The van der Waals surface area contributed by atoms with Gasteiger partial charge in [-0.3, -0.25) is 0 Å².